The zero-order valence-electron chi connectivity index (χ0n) is 19.3. The minimum atomic E-state index is -0.349. The number of halogens is 1. The van der Waals surface area contributed by atoms with Crippen LogP contribution < -0.4 is 10.2 Å². The normalized spacial score (nSPS) is 14.3. The second-order valence-electron chi connectivity index (χ2n) is 8.49. The first kappa shape index (κ1) is 24.2. The summed E-state index contributed by atoms with van der Waals surface area (Å²) in [7, 11) is 0. The second kappa shape index (κ2) is 11.5. The van der Waals surface area contributed by atoms with Gasteiger partial charge in [-0.05, 0) is 86.6 Å². The lowest BCUT2D eigenvalue weighted by Crippen LogP contribution is -2.43. The van der Waals surface area contributed by atoms with Gasteiger partial charge in [-0.15, -0.1) is 0 Å². The minimum Gasteiger partial charge on any atom is -0.329 e. The zero-order valence-corrected chi connectivity index (χ0v) is 19.3. The van der Waals surface area contributed by atoms with Crippen molar-refractivity contribution in [1.29, 1.82) is 0 Å². The second-order valence-corrected chi connectivity index (χ2v) is 8.49. The van der Waals surface area contributed by atoms with E-state index >= 15 is 0 Å². The van der Waals surface area contributed by atoms with Crippen LogP contribution in [0.25, 0.3) is 0 Å². The van der Waals surface area contributed by atoms with Crippen molar-refractivity contribution in [3.05, 3.63) is 90.0 Å². The molecule has 1 saturated heterocycles. The van der Waals surface area contributed by atoms with E-state index in [1.165, 1.54) is 12.1 Å². The first-order valence-corrected chi connectivity index (χ1v) is 11.6. The number of nitrogens with zero attached hydrogens (tertiary/aromatic N) is 3. The standard InChI is InChI=1S/C27H27FN4O3/c28-23-7-3-20(4-8-23)26(34)21-11-14-31(15-12-21)16-17-32(25-2-1-13-29-18-25)27(35)22-5-9-24(10-6-22)30-19-33/h1-10,13,18-19,21H,11-12,14-17H2,(H,30,33). The fraction of sp³-hybridized carbons (Fsp3) is 0.259. The number of rotatable bonds is 9. The van der Waals surface area contributed by atoms with Crippen molar-refractivity contribution in [1.82, 2.24) is 9.88 Å². The number of likely N-dealkylation sites (tertiary alicyclic amines) is 1. The highest BCUT2D eigenvalue weighted by molar-refractivity contribution is 6.06. The highest BCUT2D eigenvalue weighted by Gasteiger charge is 2.27. The molecule has 7 nitrogen and oxygen atoms in total. The van der Waals surface area contributed by atoms with Crippen molar-refractivity contribution in [3.63, 3.8) is 0 Å². The predicted molar refractivity (Wildman–Crippen MR) is 132 cm³/mol. The van der Waals surface area contributed by atoms with Gasteiger partial charge in [0.1, 0.15) is 5.82 Å². The van der Waals surface area contributed by atoms with Gasteiger partial charge in [0.2, 0.25) is 6.41 Å². The number of benzene rings is 2. The molecule has 1 aliphatic heterocycles. The molecule has 0 aliphatic carbocycles. The lowest BCUT2D eigenvalue weighted by atomic mass is 9.89. The number of hydrogen-bond donors (Lipinski definition) is 1. The summed E-state index contributed by atoms with van der Waals surface area (Å²) in [4.78, 5) is 44.8. The molecule has 2 aromatic carbocycles. The highest BCUT2D eigenvalue weighted by atomic mass is 19.1. The Morgan fingerprint density at radius 3 is 2.34 bits per heavy atom. The Morgan fingerprint density at radius 1 is 1.03 bits per heavy atom. The number of piperidine rings is 1. The molecule has 0 unspecified atom stereocenters. The molecule has 4 rings (SSSR count). The van der Waals surface area contributed by atoms with Gasteiger partial charge in [0.05, 0.1) is 11.9 Å². The number of hydrogen-bond acceptors (Lipinski definition) is 5. The van der Waals surface area contributed by atoms with Gasteiger partial charge in [-0.1, -0.05) is 0 Å². The SMILES string of the molecule is O=CNc1ccc(C(=O)N(CCN2CCC(C(=O)c3ccc(F)cc3)CC2)c2cccnc2)cc1. The predicted octanol–water partition coefficient (Wildman–Crippen LogP) is 4.03. The van der Waals surface area contributed by atoms with E-state index in [0.717, 1.165) is 25.9 Å². The first-order valence-electron chi connectivity index (χ1n) is 11.6. The smallest absolute Gasteiger partial charge is 0.258 e. The van der Waals surface area contributed by atoms with Crippen LogP contribution in [0.1, 0.15) is 33.6 Å². The van der Waals surface area contributed by atoms with Crippen molar-refractivity contribution in [2.24, 2.45) is 5.92 Å². The molecule has 35 heavy (non-hydrogen) atoms. The summed E-state index contributed by atoms with van der Waals surface area (Å²) in [6.45, 7) is 2.62. The van der Waals surface area contributed by atoms with Crippen LogP contribution in [0.5, 0.6) is 0 Å². The molecular formula is C27H27FN4O3. The molecule has 1 fully saturated rings. The Bertz CT molecular complexity index is 1150. The average Bonchev–Trinajstić information content (AvgIpc) is 2.90. The molecule has 0 saturated carbocycles. The Balaban J connectivity index is 1.38. The molecule has 0 atom stereocenters. The number of aromatic nitrogens is 1. The van der Waals surface area contributed by atoms with Crippen LogP contribution >= 0.6 is 0 Å². The Kier molecular flexibility index (Phi) is 7.95. The number of pyridine rings is 1. The van der Waals surface area contributed by atoms with Crippen LogP contribution in [0, 0.1) is 11.7 Å². The van der Waals surface area contributed by atoms with Crippen LogP contribution in [0.3, 0.4) is 0 Å². The Morgan fingerprint density at radius 2 is 1.71 bits per heavy atom. The van der Waals surface area contributed by atoms with E-state index in [2.05, 4.69) is 15.2 Å². The van der Waals surface area contributed by atoms with E-state index in [1.54, 1.807) is 59.8 Å². The van der Waals surface area contributed by atoms with Gasteiger partial charge in [-0.3, -0.25) is 19.4 Å². The number of amides is 2. The van der Waals surface area contributed by atoms with Crippen LogP contribution in [0.2, 0.25) is 0 Å². The highest BCUT2D eigenvalue weighted by Crippen LogP contribution is 2.23. The fourth-order valence-corrected chi connectivity index (χ4v) is 4.30. The number of ketones is 1. The fourth-order valence-electron chi connectivity index (χ4n) is 4.30. The minimum absolute atomic E-state index is 0.0596. The number of Topliss-reactive ketones (excluding diaryl/α,β-unsaturated/α-hetero) is 1. The average molecular weight is 475 g/mol. The summed E-state index contributed by atoms with van der Waals surface area (Å²) in [5.41, 5.74) is 2.37. The Labute approximate surface area is 203 Å². The summed E-state index contributed by atoms with van der Waals surface area (Å²) in [6.07, 6.45) is 5.36. The molecule has 0 radical (unpaired) electrons. The summed E-state index contributed by atoms with van der Waals surface area (Å²) >= 11 is 0. The van der Waals surface area contributed by atoms with Crippen LogP contribution in [0.15, 0.2) is 73.1 Å². The molecule has 0 bridgehead atoms. The number of nitrogens with one attached hydrogen (secondary N) is 1. The van der Waals surface area contributed by atoms with Crippen LogP contribution in [-0.2, 0) is 4.79 Å². The molecule has 2 heterocycles. The lowest BCUT2D eigenvalue weighted by molar-refractivity contribution is -0.105. The molecule has 1 N–H and O–H groups in total. The molecule has 1 aromatic heterocycles. The third-order valence-electron chi connectivity index (χ3n) is 6.29. The van der Waals surface area contributed by atoms with Gasteiger partial charge in [0, 0.05) is 42.0 Å². The van der Waals surface area contributed by atoms with Crippen molar-refractivity contribution in [2.45, 2.75) is 12.8 Å². The van der Waals surface area contributed by atoms with Gasteiger partial charge in [-0.2, -0.15) is 0 Å². The van der Waals surface area contributed by atoms with Crippen LogP contribution in [0.4, 0.5) is 15.8 Å². The quantitative estimate of drug-likeness (QED) is 0.374. The third-order valence-corrected chi connectivity index (χ3v) is 6.29. The van der Waals surface area contributed by atoms with E-state index in [-0.39, 0.29) is 23.4 Å². The molecule has 8 heteroatoms. The van der Waals surface area contributed by atoms with Gasteiger partial charge in [-0.25, -0.2) is 4.39 Å². The molecule has 3 aromatic rings. The number of anilines is 2. The molecular weight excluding hydrogens is 447 g/mol. The number of carbonyl (C=O) groups is 3. The van der Waals surface area contributed by atoms with Gasteiger partial charge in [0.25, 0.3) is 5.91 Å². The molecule has 1 aliphatic rings. The maximum absolute atomic E-state index is 13.3. The van der Waals surface area contributed by atoms with E-state index in [1.807, 2.05) is 6.07 Å². The maximum Gasteiger partial charge on any atom is 0.258 e. The van der Waals surface area contributed by atoms with Crippen molar-refractivity contribution >= 4 is 29.5 Å². The van der Waals surface area contributed by atoms with Gasteiger partial charge >= 0.3 is 0 Å². The van der Waals surface area contributed by atoms with Gasteiger partial charge < -0.3 is 15.1 Å². The van der Waals surface area contributed by atoms with Crippen molar-refractivity contribution < 1.29 is 18.8 Å². The first-order chi connectivity index (χ1) is 17.0. The molecule has 0 spiro atoms. The van der Waals surface area contributed by atoms with E-state index in [4.69, 9.17) is 0 Å². The summed E-state index contributed by atoms with van der Waals surface area (Å²) in [6, 6.07) is 16.1. The van der Waals surface area contributed by atoms with E-state index in [9.17, 15) is 18.8 Å². The molecule has 180 valence electrons. The van der Waals surface area contributed by atoms with Crippen LogP contribution in [-0.4, -0.2) is 54.2 Å². The summed E-state index contributed by atoms with van der Waals surface area (Å²) < 4.78 is 13.2. The Hall–Kier alpha value is -3.91. The monoisotopic (exact) mass is 474 g/mol. The summed E-state index contributed by atoms with van der Waals surface area (Å²) in [5, 5.41) is 2.56. The maximum atomic E-state index is 13.3. The zero-order chi connectivity index (χ0) is 24.6. The van der Waals surface area contributed by atoms with Gasteiger partial charge in [0.15, 0.2) is 5.78 Å². The van der Waals surface area contributed by atoms with Crippen molar-refractivity contribution in [2.75, 3.05) is 36.4 Å². The molecule has 2 amide bonds. The topological polar surface area (TPSA) is 82.6 Å². The summed E-state index contributed by atoms with van der Waals surface area (Å²) in [5.74, 6) is -0.523. The van der Waals surface area contributed by atoms with E-state index in [0.29, 0.717) is 42.0 Å². The lowest BCUT2D eigenvalue weighted by Gasteiger charge is -2.33. The van der Waals surface area contributed by atoms with E-state index < -0.39 is 0 Å². The van der Waals surface area contributed by atoms with Crippen molar-refractivity contribution in [3.8, 4) is 0 Å². The third kappa shape index (κ3) is 6.16. The number of carbonyl (C=O) groups excluding carboxylic acids is 3. The largest absolute Gasteiger partial charge is 0.329 e.